The number of hydrogen-bond acceptors (Lipinski definition) is 7. The Morgan fingerprint density at radius 1 is 0.500 bits per heavy atom. The molecule has 0 aromatic heterocycles. The summed E-state index contributed by atoms with van der Waals surface area (Å²) in [6.07, 6.45) is 0. The molecule has 0 N–H and O–H groups in total. The molecule has 0 bridgehead atoms. The molecule has 0 saturated heterocycles. The molecule has 0 aliphatic carbocycles. The van der Waals surface area contributed by atoms with E-state index in [0.717, 1.165) is 0 Å². The molecule has 0 heterocycles. The average Bonchev–Trinajstić information content (AvgIpc) is 2.17. The Morgan fingerprint density at radius 2 is 0.750 bits per heavy atom. The second-order valence-corrected chi connectivity index (χ2v) is 32.5. The minimum absolute atomic E-state index is 1.89. The molecule has 0 rings (SSSR count). The Balaban J connectivity index is 5.95. The fourth-order valence-electron chi connectivity index (χ4n) is 1.49. The van der Waals surface area contributed by atoms with E-state index in [4.69, 9.17) is 22.1 Å². The summed E-state index contributed by atoms with van der Waals surface area (Å²) >= 11 is -6.13. The Hall–Kier alpha value is 1.14. The number of hydrogen-bond donors (Lipinski definition) is 0. The summed E-state index contributed by atoms with van der Waals surface area (Å²) in [5, 5.41) is 0. The molecular weight excluding hydrogens is 416 g/mol. The second-order valence-electron chi connectivity index (χ2n) is 9.82. The van der Waals surface area contributed by atoms with E-state index in [2.05, 4.69) is 0 Å². The van der Waals surface area contributed by atoms with Crippen LogP contribution in [-0.2, 0) is 42.3 Å². The molecule has 0 aromatic rings. The summed E-state index contributed by atoms with van der Waals surface area (Å²) < 4.78 is 47.6. The second kappa shape index (κ2) is 7.64. The zero-order valence-electron chi connectivity index (χ0n) is 17.4. The zero-order valence-corrected chi connectivity index (χ0v) is 22.9. The normalized spacial score (nSPS) is 15.7. The summed E-state index contributed by atoms with van der Waals surface area (Å²) in [7, 11) is -9.07. The summed E-state index contributed by atoms with van der Waals surface area (Å²) in [5.41, 5.74) is 0. The zero-order chi connectivity index (χ0) is 19.7. The predicted octanol–water partition coefficient (Wildman–Crippen LogP) is 4.95. The van der Waals surface area contributed by atoms with Crippen LogP contribution in [0.1, 0.15) is 0 Å². The van der Waals surface area contributed by atoms with Gasteiger partial charge in [-0.3, -0.25) is 0 Å². The van der Waals surface area contributed by atoms with Crippen LogP contribution >= 0.6 is 0 Å². The van der Waals surface area contributed by atoms with E-state index in [0.29, 0.717) is 0 Å². The Labute approximate surface area is 153 Å². The molecule has 24 heavy (non-hydrogen) atoms. The monoisotopic (exact) mass is 452 g/mol. The molecule has 0 unspecified atom stereocenters. The molecule has 0 fully saturated rings. The van der Waals surface area contributed by atoms with Gasteiger partial charge in [-0.2, -0.15) is 0 Å². The first-order valence-electron chi connectivity index (χ1n) is 8.17. The molecule has 0 aromatic carbocycles. The van der Waals surface area contributed by atoms with E-state index in [1.807, 2.05) is 78.6 Å². The van der Waals surface area contributed by atoms with Crippen molar-refractivity contribution in [2.45, 2.75) is 78.6 Å². The first-order valence-corrected chi connectivity index (χ1v) is 25.0. The molecular formula is C12H36O7Si4Ti. The molecule has 0 spiro atoms. The van der Waals surface area contributed by atoms with Crippen molar-refractivity contribution in [2.75, 3.05) is 0 Å². The van der Waals surface area contributed by atoms with Crippen LogP contribution in [0, 0.1) is 0 Å². The fourth-order valence-corrected chi connectivity index (χ4v) is 18.8. The van der Waals surface area contributed by atoms with Gasteiger partial charge in [-0.1, -0.05) is 0 Å². The molecule has 0 aliphatic heterocycles. The van der Waals surface area contributed by atoms with Crippen LogP contribution in [0.15, 0.2) is 0 Å². The molecule has 0 radical (unpaired) electrons. The first kappa shape index (κ1) is 25.1. The van der Waals surface area contributed by atoms with E-state index < -0.39 is 50.1 Å². The van der Waals surface area contributed by atoms with Crippen molar-refractivity contribution < 1.29 is 42.3 Å². The third-order valence-electron chi connectivity index (χ3n) is 1.80. The number of rotatable bonds is 10. The molecule has 0 saturated carbocycles. The molecule has 7 nitrogen and oxygen atoms in total. The summed E-state index contributed by atoms with van der Waals surface area (Å²) in [4.78, 5) is 0. The van der Waals surface area contributed by atoms with Crippen LogP contribution in [0.25, 0.3) is 0 Å². The summed E-state index contributed by atoms with van der Waals surface area (Å²) in [6, 6.07) is 0. The molecule has 0 amide bonds. The van der Waals surface area contributed by atoms with Crippen molar-refractivity contribution in [3.8, 4) is 0 Å². The maximum atomic E-state index is 14.0. The summed E-state index contributed by atoms with van der Waals surface area (Å²) in [5.74, 6) is 0. The van der Waals surface area contributed by atoms with Crippen molar-refractivity contribution >= 4 is 33.3 Å². The van der Waals surface area contributed by atoms with Crippen LogP contribution in [0.3, 0.4) is 0 Å². The topological polar surface area (TPSA) is 72.5 Å². The van der Waals surface area contributed by atoms with Crippen LogP contribution < -0.4 is 0 Å². The first-order chi connectivity index (χ1) is 10.1. The van der Waals surface area contributed by atoms with Gasteiger partial charge >= 0.3 is 154 Å². The van der Waals surface area contributed by atoms with Gasteiger partial charge in [0.1, 0.15) is 0 Å². The predicted molar refractivity (Wildman–Crippen MR) is 101 cm³/mol. The third kappa shape index (κ3) is 11.7. The van der Waals surface area contributed by atoms with E-state index >= 15 is 0 Å². The van der Waals surface area contributed by atoms with Gasteiger partial charge < -0.3 is 0 Å². The average molecular weight is 453 g/mol. The molecule has 12 heteroatoms. The van der Waals surface area contributed by atoms with Gasteiger partial charge in [0.15, 0.2) is 0 Å². The van der Waals surface area contributed by atoms with Gasteiger partial charge in [0.05, 0.1) is 0 Å². The van der Waals surface area contributed by atoms with Gasteiger partial charge in [-0.05, 0) is 0 Å². The van der Waals surface area contributed by atoms with E-state index in [1.165, 1.54) is 0 Å². The van der Waals surface area contributed by atoms with Crippen LogP contribution in [0.4, 0.5) is 0 Å². The van der Waals surface area contributed by atoms with Gasteiger partial charge in [0.25, 0.3) is 0 Å². The van der Waals surface area contributed by atoms with E-state index in [-0.39, 0.29) is 0 Å². The molecule has 146 valence electrons. The van der Waals surface area contributed by atoms with Gasteiger partial charge in [-0.15, -0.1) is 0 Å². The van der Waals surface area contributed by atoms with Crippen molar-refractivity contribution in [3.63, 3.8) is 0 Å². The minimum atomic E-state index is -6.13. The Morgan fingerprint density at radius 3 is 0.917 bits per heavy atom. The Kier molecular flexibility index (Phi) is 8.00. The fraction of sp³-hybridized carbons (Fsp3) is 1.00. The van der Waals surface area contributed by atoms with Crippen molar-refractivity contribution in [3.05, 3.63) is 0 Å². The van der Waals surface area contributed by atoms with Gasteiger partial charge in [-0.25, -0.2) is 0 Å². The van der Waals surface area contributed by atoms with Crippen LogP contribution in [0.5, 0.6) is 0 Å². The van der Waals surface area contributed by atoms with Crippen molar-refractivity contribution in [1.29, 1.82) is 0 Å². The van der Waals surface area contributed by atoms with Crippen molar-refractivity contribution in [1.82, 2.24) is 0 Å². The maximum absolute atomic E-state index is 14.0. The summed E-state index contributed by atoms with van der Waals surface area (Å²) in [6.45, 7) is 22.8. The standard InChI is InChI=1S/2C3H10O2Si.2C3H9OSi.O.Ti/c2*1-6(2,3)5-4;2*1-5(2,3)4;;/h2*4H,1-3H3;2*1-3H3;;/q;;2*-1;;+4/p-2. The van der Waals surface area contributed by atoms with Crippen LogP contribution in [-0.4, -0.2) is 33.3 Å². The van der Waals surface area contributed by atoms with E-state index in [9.17, 15) is 3.32 Å². The molecule has 0 aliphatic rings. The quantitative estimate of drug-likeness (QED) is 0.264. The van der Waals surface area contributed by atoms with Gasteiger partial charge in [0, 0.05) is 0 Å². The van der Waals surface area contributed by atoms with Crippen LogP contribution in [0.2, 0.25) is 78.6 Å². The van der Waals surface area contributed by atoms with Gasteiger partial charge in [0.2, 0.25) is 0 Å². The SMILES string of the molecule is C[Si](C)(C)O[O][Ti](=[O])([O]O[Si](C)(C)C)([O][Si](C)(C)C)[O][Si](C)(C)C. The Bertz CT molecular complexity index is 442. The third-order valence-corrected chi connectivity index (χ3v) is 15.4. The van der Waals surface area contributed by atoms with Crippen molar-refractivity contribution in [2.24, 2.45) is 0 Å². The van der Waals surface area contributed by atoms with E-state index in [1.54, 1.807) is 0 Å². The molecule has 0 atom stereocenters.